The standard InChI is InChI=1S/C10H12N4/c11-9-8-5-4-6-2-1-3-7(6)14(8)13-10(9)12/h1,3-5,10,13H,2,11-12H2. The van der Waals surface area contributed by atoms with Crippen LogP contribution in [0.3, 0.4) is 0 Å². The highest BCUT2D eigenvalue weighted by Crippen LogP contribution is 2.33. The summed E-state index contributed by atoms with van der Waals surface area (Å²) < 4.78 is 0. The number of fused-ring (bicyclic) bond motifs is 2. The molecule has 5 N–H and O–H groups in total. The molecule has 3 rings (SSSR count). The fourth-order valence-electron chi connectivity index (χ4n) is 2.00. The lowest BCUT2D eigenvalue weighted by molar-refractivity contribution is 0.331. The van der Waals surface area contributed by atoms with Gasteiger partial charge in [-0.2, -0.15) is 0 Å². The summed E-state index contributed by atoms with van der Waals surface area (Å²) in [4.78, 5) is 0. The van der Waals surface area contributed by atoms with Crippen molar-refractivity contribution in [1.82, 2.24) is 10.4 Å². The maximum absolute atomic E-state index is 5.87. The number of allylic oxidation sites excluding steroid dienone is 5. The van der Waals surface area contributed by atoms with Crippen molar-refractivity contribution in [2.75, 3.05) is 0 Å². The number of hydrazine groups is 1. The van der Waals surface area contributed by atoms with Gasteiger partial charge in [0.05, 0.1) is 17.1 Å². The van der Waals surface area contributed by atoms with E-state index >= 15 is 0 Å². The third kappa shape index (κ3) is 0.840. The lowest BCUT2D eigenvalue weighted by atomic mass is 10.1. The molecule has 0 bridgehead atoms. The molecule has 0 fully saturated rings. The average Bonchev–Trinajstić information content (AvgIpc) is 2.73. The van der Waals surface area contributed by atoms with Crippen molar-refractivity contribution in [2.24, 2.45) is 11.5 Å². The molecule has 0 aromatic rings. The molecule has 4 heteroatoms. The third-order valence-electron chi connectivity index (χ3n) is 2.77. The topological polar surface area (TPSA) is 67.3 Å². The molecule has 3 aliphatic rings. The summed E-state index contributed by atoms with van der Waals surface area (Å²) in [6.45, 7) is 0. The van der Waals surface area contributed by atoms with Gasteiger partial charge >= 0.3 is 0 Å². The SMILES string of the molecule is NC1=C2C=CC3=C(C=CC3)N2NC1N. The number of hydrogen-bond donors (Lipinski definition) is 3. The minimum absolute atomic E-state index is 0.268. The zero-order valence-electron chi connectivity index (χ0n) is 7.70. The van der Waals surface area contributed by atoms with Gasteiger partial charge in [0.2, 0.25) is 0 Å². The first kappa shape index (κ1) is 7.84. The fourth-order valence-corrected chi connectivity index (χ4v) is 2.00. The Hall–Kier alpha value is -1.52. The highest BCUT2D eigenvalue weighted by molar-refractivity contribution is 5.50. The maximum atomic E-state index is 5.87. The molecule has 0 saturated carbocycles. The van der Waals surface area contributed by atoms with Crippen molar-refractivity contribution < 1.29 is 0 Å². The van der Waals surface area contributed by atoms with Gasteiger partial charge in [-0.1, -0.05) is 12.2 Å². The largest absolute Gasteiger partial charge is 0.398 e. The van der Waals surface area contributed by atoms with Crippen LogP contribution in [0.2, 0.25) is 0 Å². The van der Waals surface area contributed by atoms with E-state index in [9.17, 15) is 0 Å². The van der Waals surface area contributed by atoms with E-state index in [1.807, 2.05) is 11.1 Å². The highest BCUT2D eigenvalue weighted by Gasteiger charge is 2.30. The van der Waals surface area contributed by atoms with E-state index in [2.05, 4.69) is 23.7 Å². The van der Waals surface area contributed by atoms with Crippen LogP contribution in [0.25, 0.3) is 0 Å². The van der Waals surface area contributed by atoms with Crippen LogP contribution in [0.15, 0.2) is 47.0 Å². The zero-order chi connectivity index (χ0) is 9.71. The molecule has 1 unspecified atom stereocenters. The zero-order valence-corrected chi connectivity index (χ0v) is 7.70. The Morgan fingerprint density at radius 2 is 2.14 bits per heavy atom. The second kappa shape index (κ2) is 2.50. The first-order valence-corrected chi connectivity index (χ1v) is 4.66. The molecule has 1 atom stereocenters. The predicted octanol–water partition coefficient (Wildman–Crippen LogP) is 0.0455. The second-order valence-corrected chi connectivity index (χ2v) is 3.63. The Kier molecular flexibility index (Phi) is 1.40. The van der Waals surface area contributed by atoms with Crippen LogP contribution >= 0.6 is 0 Å². The third-order valence-corrected chi connectivity index (χ3v) is 2.77. The summed E-state index contributed by atoms with van der Waals surface area (Å²) >= 11 is 0. The van der Waals surface area contributed by atoms with Crippen molar-refractivity contribution in [2.45, 2.75) is 12.6 Å². The molecule has 0 aromatic carbocycles. The van der Waals surface area contributed by atoms with E-state index in [0.29, 0.717) is 5.70 Å². The van der Waals surface area contributed by atoms with Crippen molar-refractivity contribution in [3.63, 3.8) is 0 Å². The maximum Gasteiger partial charge on any atom is 0.115 e. The summed E-state index contributed by atoms with van der Waals surface area (Å²) in [5.41, 5.74) is 19.0. The highest BCUT2D eigenvalue weighted by atomic mass is 15.6. The van der Waals surface area contributed by atoms with Gasteiger partial charge in [-0.3, -0.25) is 5.01 Å². The Morgan fingerprint density at radius 1 is 1.29 bits per heavy atom. The van der Waals surface area contributed by atoms with Gasteiger partial charge < -0.3 is 11.5 Å². The summed E-state index contributed by atoms with van der Waals surface area (Å²) in [6, 6.07) is 0. The molecule has 4 nitrogen and oxygen atoms in total. The molecular formula is C10H12N4. The molecule has 0 amide bonds. The van der Waals surface area contributed by atoms with Gasteiger partial charge in [0, 0.05) is 0 Å². The van der Waals surface area contributed by atoms with Crippen LogP contribution in [-0.2, 0) is 0 Å². The summed E-state index contributed by atoms with van der Waals surface area (Å²) in [7, 11) is 0. The molecule has 72 valence electrons. The first-order valence-electron chi connectivity index (χ1n) is 4.66. The number of hydrogen-bond acceptors (Lipinski definition) is 4. The number of rotatable bonds is 0. The van der Waals surface area contributed by atoms with E-state index in [1.165, 1.54) is 11.3 Å². The molecule has 2 aliphatic heterocycles. The minimum atomic E-state index is -0.268. The smallest absolute Gasteiger partial charge is 0.115 e. The molecular weight excluding hydrogens is 176 g/mol. The molecule has 14 heavy (non-hydrogen) atoms. The summed E-state index contributed by atoms with van der Waals surface area (Å²) in [6.07, 6.45) is 9.08. The van der Waals surface area contributed by atoms with Gasteiger partial charge in [-0.15, -0.1) is 0 Å². The van der Waals surface area contributed by atoms with Crippen LogP contribution in [-0.4, -0.2) is 11.2 Å². The van der Waals surface area contributed by atoms with Crippen LogP contribution in [0.5, 0.6) is 0 Å². The van der Waals surface area contributed by atoms with E-state index in [1.54, 1.807) is 0 Å². The molecule has 1 aliphatic carbocycles. The first-order chi connectivity index (χ1) is 6.77. The molecule has 0 radical (unpaired) electrons. The Labute approximate surface area is 82.2 Å². The quantitative estimate of drug-likeness (QED) is 0.502. The minimum Gasteiger partial charge on any atom is -0.398 e. The molecule has 2 heterocycles. The fraction of sp³-hybridized carbons (Fsp3) is 0.200. The number of nitrogens with two attached hydrogens (primary N) is 2. The van der Waals surface area contributed by atoms with Crippen LogP contribution in [0.4, 0.5) is 0 Å². The van der Waals surface area contributed by atoms with Gasteiger partial charge in [0.15, 0.2) is 0 Å². The summed E-state index contributed by atoms with van der Waals surface area (Å²) in [5, 5.41) is 1.97. The van der Waals surface area contributed by atoms with Crippen LogP contribution in [0, 0.1) is 0 Å². The lowest BCUT2D eigenvalue weighted by Gasteiger charge is -2.25. The normalized spacial score (nSPS) is 28.9. The predicted molar refractivity (Wildman–Crippen MR) is 54.1 cm³/mol. The van der Waals surface area contributed by atoms with Crippen molar-refractivity contribution in [3.8, 4) is 0 Å². The summed E-state index contributed by atoms with van der Waals surface area (Å²) in [5.74, 6) is 0. The van der Waals surface area contributed by atoms with Gasteiger partial charge in [0.25, 0.3) is 0 Å². The molecule has 0 spiro atoms. The Balaban J connectivity index is 2.10. The lowest BCUT2D eigenvalue weighted by Crippen LogP contribution is -2.43. The molecule has 0 aromatic heterocycles. The monoisotopic (exact) mass is 188 g/mol. The second-order valence-electron chi connectivity index (χ2n) is 3.63. The molecule has 0 saturated heterocycles. The van der Waals surface area contributed by atoms with E-state index < -0.39 is 0 Å². The van der Waals surface area contributed by atoms with E-state index in [0.717, 1.165) is 12.1 Å². The van der Waals surface area contributed by atoms with Crippen LogP contribution < -0.4 is 16.9 Å². The van der Waals surface area contributed by atoms with Gasteiger partial charge in [-0.05, 0) is 24.1 Å². The van der Waals surface area contributed by atoms with Crippen LogP contribution in [0.1, 0.15) is 6.42 Å². The Bertz CT molecular complexity index is 414. The average molecular weight is 188 g/mol. The number of nitrogens with zero attached hydrogens (tertiary/aromatic N) is 1. The van der Waals surface area contributed by atoms with Crippen molar-refractivity contribution >= 4 is 0 Å². The van der Waals surface area contributed by atoms with E-state index in [-0.39, 0.29) is 6.17 Å². The van der Waals surface area contributed by atoms with E-state index in [4.69, 9.17) is 11.5 Å². The Morgan fingerprint density at radius 3 is 3.00 bits per heavy atom. The van der Waals surface area contributed by atoms with Gasteiger partial charge in [-0.25, -0.2) is 5.43 Å². The number of nitrogens with one attached hydrogen (secondary N) is 1. The van der Waals surface area contributed by atoms with Gasteiger partial charge in [0.1, 0.15) is 6.17 Å². The van der Waals surface area contributed by atoms with Crippen molar-refractivity contribution in [3.05, 3.63) is 47.0 Å². The van der Waals surface area contributed by atoms with Crippen molar-refractivity contribution in [1.29, 1.82) is 0 Å².